The van der Waals surface area contributed by atoms with Gasteiger partial charge < -0.3 is 5.32 Å². The van der Waals surface area contributed by atoms with Crippen LogP contribution in [-0.4, -0.2) is 5.91 Å². The van der Waals surface area contributed by atoms with E-state index in [4.69, 9.17) is 0 Å². The second kappa shape index (κ2) is 4.30. The molecule has 88 valence electrons. The van der Waals surface area contributed by atoms with Crippen molar-refractivity contribution in [2.75, 3.05) is 5.32 Å². The highest BCUT2D eigenvalue weighted by molar-refractivity contribution is 9.10. The molecule has 1 aromatic rings. The van der Waals surface area contributed by atoms with E-state index in [1.165, 1.54) is 6.42 Å². The molecule has 0 saturated heterocycles. The number of carbonyl (C=O) groups is 1. The molecule has 2 nitrogen and oxygen atoms in total. The highest BCUT2D eigenvalue weighted by atomic mass is 79.9. The molecule has 17 heavy (non-hydrogen) atoms. The molecule has 2 bridgehead atoms. The zero-order valence-corrected chi connectivity index (χ0v) is 11.0. The van der Waals surface area contributed by atoms with E-state index in [2.05, 4.69) is 33.4 Å². The quantitative estimate of drug-likeness (QED) is 0.829. The van der Waals surface area contributed by atoms with Gasteiger partial charge in [0.25, 0.3) is 0 Å². The largest absolute Gasteiger partial charge is 0.326 e. The fraction of sp³-hybridized carbons (Fsp3) is 0.357. The summed E-state index contributed by atoms with van der Waals surface area (Å²) >= 11 is 3.38. The van der Waals surface area contributed by atoms with E-state index >= 15 is 0 Å². The number of halogens is 1. The van der Waals surface area contributed by atoms with E-state index in [-0.39, 0.29) is 11.8 Å². The molecule has 1 fully saturated rings. The summed E-state index contributed by atoms with van der Waals surface area (Å²) in [5.74, 6) is 1.45. The third-order valence-electron chi connectivity index (χ3n) is 3.73. The lowest BCUT2D eigenvalue weighted by Gasteiger charge is -2.17. The minimum absolute atomic E-state index is 0.171. The van der Waals surface area contributed by atoms with Gasteiger partial charge in [0.2, 0.25) is 5.91 Å². The van der Waals surface area contributed by atoms with Gasteiger partial charge in [-0.1, -0.05) is 28.1 Å². The topological polar surface area (TPSA) is 29.1 Å². The zero-order chi connectivity index (χ0) is 11.8. The van der Waals surface area contributed by atoms with Crippen LogP contribution in [0.25, 0.3) is 0 Å². The number of nitrogens with one attached hydrogen (secondary N) is 1. The van der Waals surface area contributed by atoms with E-state index in [0.29, 0.717) is 11.8 Å². The summed E-state index contributed by atoms with van der Waals surface area (Å²) in [7, 11) is 0. The molecule has 1 N–H and O–H groups in total. The molecular weight excluding hydrogens is 278 g/mol. The van der Waals surface area contributed by atoms with Gasteiger partial charge in [-0.25, -0.2) is 0 Å². The first-order valence-electron chi connectivity index (χ1n) is 5.97. The molecule has 0 aliphatic heterocycles. The Hall–Kier alpha value is -1.09. The van der Waals surface area contributed by atoms with Crippen molar-refractivity contribution in [2.45, 2.75) is 12.8 Å². The number of hydrogen-bond acceptors (Lipinski definition) is 1. The van der Waals surface area contributed by atoms with E-state index in [9.17, 15) is 4.79 Å². The highest BCUT2D eigenvalue weighted by Crippen LogP contribution is 2.43. The van der Waals surface area contributed by atoms with E-state index in [1.54, 1.807) is 0 Å². The van der Waals surface area contributed by atoms with Gasteiger partial charge in [-0.15, -0.1) is 0 Å². The Balaban J connectivity index is 1.68. The summed E-state index contributed by atoms with van der Waals surface area (Å²) in [6.45, 7) is 0. The molecular formula is C14H14BrNO. The van der Waals surface area contributed by atoms with E-state index in [1.807, 2.05) is 24.3 Å². The van der Waals surface area contributed by atoms with E-state index in [0.717, 1.165) is 16.6 Å². The molecule has 1 saturated carbocycles. The number of allylic oxidation sites excluding steroid dienone is 2. The van der Waals surface area contributed by atoms with Gasteiger partial charge in [0.15, 0.2) is 0 Å². The van der Waals surface area contributed by atoms with Gasteiger partial charge in [-0.3, -0.25) is 4.79 Å². The molecule has 3 heteroatoms. The summed E-state index contributed by atoms with van der Waals surface area (Å²) in [4.78, 5) is 12.1. The van der Waals surface area contributed by atoms with Crippen LogP contribution in [0, 0.1) is 17.8 Å². The van der Waals surface area contributed by atoms with Crippen molar-refractivity contribution in [1.29, 1.82) is 0 Å². The highest BCUT2D eigenvalue weighted by Gasteiger charge is 2.39. The van der Waals surface area contributed by atoms with Crippen LogP contribution in [0.3, 0.4) is 0 Å². The summed E-state index contributed by atoms with van der Waals surface area (Å²) in [6.07, 6.45) is 6.65. The van der Waals surface area contributed by atoms with Crippen LogP contribution < -0.4 is 5.32 Å². The average molecular weight is 292 g/mol. The van der Waals surface area contributed by atoms with Crippen molar-refractivity contribution in [3.05, 3.63) is 40.9 Å². The number of benzene rings is 1. The normalized spacial score (nSPS) is 29.6. The van der Waals surface area contributed by atoms with Crippen LogP contribution in [0.2, 0.25) is 0 Å². The lowest BCUT2D eigenvalue weighted by atomic mass is 9.93. The summed E-state index contributed by atoms with van der Waals surface area (Å²) < 4.78 is 1.03. The first-order chi connectivity index (χ1) is 8.22. The minimum Gasteiger partial charge on any atom is -0.326 e. The van der Waals surface area contributed by atoms with Gasteiger partial charge in [0.1, 0.15) is 0 Å². The number of anilines is 1. The molecule has 2 aliphatic carbocycles. The Morgan fingerprint density at radius 3 is 2.53 bits per heavy atom. The van der Waals surface area contributed by atoms with Crippen molar-refractivity contribution in [1.82, 2.24) is 0 Å². The van der Waals surface area contributed by atoms with Crippen LogP contribution >= 0.6 is 15.9 Å². The molecule has 3 atom stereocenters. The van der Waals surface area contributed by atoms with Crippen LogP contribution in [0.1, 0.15) is 12.8 Å². The molecule has 1 aromatic carbocycles. The molecule has 1 amide bonds. The first-order valence-corrected chi connectivity index (χ1v) is 6.76. The SMILES string of the molecule is O=C(Nc1ccc(Br)cc1)C1CC2C=CC1C2. The number of fused-ring (bicyclic) bond motifs is 2. The molecule has 3 unspecified atom stereocenters. The smallest absolute Gasteiger partial charge is 0.228 e. The van der Waals surface area contributed by atoms with Crippen molar-refractivity contribution in [3.63, 3.8) is 0 Å². The van der Waals surface area contributed by atoms with Crippen molar-refractivity contribution in [3.8, 4) is 0 Å². The van der Waals surface area contributed by atoms with Gasteiger partial charge in [0.05, 0.1) is 0 Å². The van der Waals surface area contributed by atoms with E-state index < -0.39 is 0 Å². The maximum absolute atomic E-state index is 12.1. The van der Waals surface area contributed by atoms with Crippen molar-refractivity contribution >= 4 is 27.5 Å². The summed E-state index contributed by atoms with van der Waals surface area (Å²) in [5.41, 5.74) is 0.880. The second-order valence-corrected chi connectivity index (χ2v) is 5.80. The number of carbonyl (C=O) groups excluding carboxylic acids is 1. The minimum atomic E-state index is 0.171. The maximum Gasteiger partial charge on any atom is 0.228 e. The fourth-order valence-corrected chi connectivity index (χ4v) is 3.11. The number of amides is 1. The van der Waals surface area contributed by atoms with Crippen LogP contribution in [0.15, 0.2) is 40.9 Å². The lowest BCUT2D eigenvalue weighted by molar-refractivity contribution is -0.120. The number of hydrogen-bond donors (Lipinski definition) is 1. The number of rotatable bonds is 2. The molecule has 0 spiro atoms. The first kappa shape index (κ1) is 11.0. The third-order valence-corrected chi connectivity index (χ3v) is 4.26. The van der Waals surface area contributed by atoms with Gasteiger partial charge in [-0.2, -0.15) is 0 Å². The predicted molar refractivity (Wildman–Crippen MR) is 71.6 cm³/mol. The Kier molecular flexibility index (Phi) is 2.79. The summed E-state index contributed by atoms with van der Waals surface area (Å²) in [5, 5.41) is 3.00. The standard InChI is InChI=1S/C14H14BrNO/c15-11-3-5-12(6-4-11)16-14(17)13-8-9-1-2-10(13)7-9/h1-6,9-10,13H,7-8H2,(H,16,17). The van der Waals surface area contributed by atoms with Crippen molar-refractivity contribution in [2.24, 2.45) is 17.8 Å². The lowest BCUT2D eigenvalue weighted by Crippen LogP contribution is -2.25. The summed E-state index contributed by atoms with van der Waals surface area (Å²) in [6, 6.07) is 7.72. The Bertz CT molecular complexity index is 466. The predicted octanol–water partition coefficient (Wildman–Crippen LogP) is 3.60. The molecule has 0 aromatic heterocycles. The van der Waals surface area contributed by atoms with Gasteiger partial charge >= 0.3 is 0 Å². The third kappa shape index (κ3) is 2.16. The van der Waals surface area contributed by atoms with Crippen LogP contribution in [-0.2, 0) is 4.79 Å². The maximum atomic E-state index is 12.1. The van der Waals surface area contributed by atoms with Crippen LogP contribution in [0.5, 0.6) is 0 Å². The molecule has 2 aliphatic rings. The van der Waals surface area contributed by atoms with Crippen LogP contribution in [0.4, 0.5) is 5.69 Å². The zero-order valence-electron chi connectivity index (χ0n) is 9.40. The molecule has 3 rings (SSSR count). The Morgan fingerprint density at radius 1 is 1.18 bits per heavy atom. The second-order valence-electron chi connectivity index (χ2n) is 4.88. The monoisotopic (exact) mass is 291 g/mol. The Labute approximate surface area is 109 Å². The molecule has 0 radical (unpaired) electrons. The van der Waals surface area contributed by atoms with Gasteiger partial charge in [0, 0.05) is 16.1 Å². The van der Waals surface area contributed by atoms with Gasteiger partial charge in [-0.05, 0) is 48.9 Å². The average Bonchev–Trinajstić information content (AvgIpc) is 2.94. The molecule has 0 heterocycles. The fourth-order valence-electron chi connectivity index (χ4n) is 2.85. The Morgan fingerprint density at radius 2 is 1.94 bits per heavy atom. The van der Waals surface area contributed by atoms with Crippen molar-refractivity contribution < 1.29 is 4.79 Å².